The van der Waals surface area contributed by atoms with Crippen LogP contribution in [-0.4, -0.2) is 35.8 Å². The number of methoxy groups -OCH3 is 1. The number of nitrogens with zero attached hydrogens (tertiary/aromatic N) is 3. The number of rotatable bonds is 9. The molecule has 1 aliphatic heterocycles. The fourth-order valence-electron chi connectivity index (χ4n) is 4.73. The number of carbonyl (C=O) groups excluding carboxylic acids is 1. The van der Waals surface area contributed by atoms with Gasteiger partial charge in [0, 0.05) is 30.0 Å². The zero-order valence-corrected chi connectivity index (χ0v) is 24.1. The predicted octanol–water partition coefficient (Wildman–Crippen LogP) is 4.29. The first-order valence-corrected chi connectivity index (χ1v) is 13.9. The Morgan fingerprint density at radius 2 is 1.88 bits per heavy atom. The number of ether oxygens (including phenoxy) is 3. The number of esters is 1. The van der Waals surface area contributed by atoms with Crippen LogP contribution in [0.2, 0.25) is 0 Å². The van der Waals surface area contributed by atoms with Gasteiger partial charge in [-0.15, -0.1) is 0 Å². The summed E-state index contributed by atoms with van der Waals surface area (Å²) < 4.78 is 24.3. The fraction of sp³-hybridized carbons (Fsp3) is 0.233. The molecule has 2 aromatic heterocycles. The van der Waals surface area contributed by atoms with E-state index in [-0.39, 0.29) is 16.8 Å². The van der Waals surface area contributed by atoms with Gasteiger partial charge in [0.15, 0.2) is 16.3 Å². The van der Waals surface area contributed by atoms with E-state index in [0.29, 0.717) is 62.3 Å². The minimum Gasteiger partial charge on any atom is -0.490 e. The number of benzene rings is 2. The van der Waals surface area contributed by atoms with Crippen molar-refractivity contribution in [1.82, 2.24) is 4.57 Å². The van der Waals surface area contributed by atoms with Crippen molar-refractivity contribution in [2.75, 3.05) is 20.3 Å². The molecular formula is C30H27N3O8S. The van der Waals surface area contributed by atoms with Crippen LogP contribution in [0.25, 0.3) is 17.4 Å². The van der Waals surface area contributed by atoms with Crippen LogP contribution in [0.4, 0.5) is 5.69 Å². The molecule has 0 amide bonds. The number of aromatic nitrogens is 1. The number of nitro groups is 1. The van der Waals surface area contributed by atoms with Crippen molar-refractivity contribution >= 4 is 29.1 Å². The summed E-state index contributed by atoms with van der Waals surface area (Å²) in [6.07, 6.45) is 3.03. The van der Waals surface area contributed by atoms with Crippen LogP contribution in [0, 0.1) is 17.0 Å². The van der Waals surface area contributed by atoms with Gasteiger partial charge in [0.1, 0.15) is 11.5 Å². The normalized spacial score (nSPS) is 14.5. The highest BCUT2D eigenvalue weighted by atomic mass is 32.1. The van der Waals surface area contributed by atoms with Crippen LogP contribution in [0.15, 0.2) is 74.5 Å². The molecule has 2 aromatic carbocycles. The standard InChI is InChI=1S/C30H27N3O8S/c1-5-39-24-11-7-18(14-25(24)40-6-2)27-22(29(35)38-4)16-31-30-32(27)28(34)26(42-30)15-20-9-12-23(41-20)21-10-8-19(33(36)37)13-17(21)3/h7-16,27H,5-6H2,1-4H3/b26-15+/t27-/m1/s1. The smallest absolute Gasteiger partial charge is 0.337 e. The lowest BCUT2D eigenvalue weighted by molar-refractivity contribution is -0.384. The third kappa shape index (κ3) is 5.36. The molecular weight excluding hydrogens is 562 g/mol. The molecule has 11 nitrogen and oxygen atoms in total. The van der Waals surface area contributed by atoms with Gasteiger partial charge in [-0.3, -0.25) is 19.5 Å². The van der Waals surface area contributed by atoms with Crippen molar-refractivity contribution in [2.45, 2.75) is 26.8 Å². The fourth-order valence-corrected chi connectivity index (χ4v) is 5.68. The summed E-state index contributed by atoms with van der Waals surface area (Å²) in [6, 6.07) is 12.4. The summed E-state index contributed by atoms with van der Waals surface area (Å²) in [5.41, 5.74) is 1.82. The maximum Gasteiger partial charge on any atom is 0.337 e. The van der Waals surface area contributed by atoms with Crippen molar-refractivity contribution in [3.8, 4) is 22.8 Å². The first-order chi connectivity index (χ1) is 20.2. The van der Waals surface area contributed by atoms with E-state index in [1.54, 1.807) is 49.4 Å². The molecule has 12 heteroatoms. The van der Waals surface area contributed by atoms with Crippen molar-refractivity contribution < 1.29 is 28.3 Å². The van der Waals surface area contributed by atoms with Crippen molar-refractivity contribution in [3.63, 3.8) is 0 Å². The van der Waals surface area contributed by atoms with Gasteiger partial charge in [0.25, 0.3) is 11.2 Å². The van der Waals surface area contributed by atoms with E-state index >= 15 is 0 Å². The molecule has 42 heavy (non-hydrogen) atoms. The highest BCUT2D eigenvalue weighted by Crippen LogP contribution is 2.35. The van der Waals surface area contributed by atoms with Crippen LogP contribution in [0.1, 0.15) is 36.8 Å². The Labute approximate surface area is 243 Å². The number of non-ortho nitro benzene ring substituents is 1. The molecule has 0 saturated heterocycles. The molecule has 0 bridgehead atoms. The summed E-state index contributed by atoms with van der Waals surface area (Å²) in [4.78, 5) is 42.0. The molecule has 0 radical (unpaired) electrons. The van der Waals surface area contributed by atoms with Gasteiger partial charge < -0.3 is 18.6 Å². The largest absolute Gasteiger partial charge is 0.490 e. The Bertz CT molecular complexity index is 1900. The monoisotopic (exact) mass is 589 g/mol. The van der Waals surface area contributed by atoms with Crippen molar-refractivity contribution in [3.05, 3.63) is 107 Å². The van der Waals surface area contributed by atoms with Gasteiger partial charge in [0.2, 0.25) is 0 Å². The molecule has 1 aliphatic rings. The minimum absolute atomic E-state index is 0.00840. The van der Waals surface area contributed by atoms with Gasteiger partial charge in [-0.1, -0.05) is 17.4 Å². The van der Waals surface area contributed by atoms with Gasteiger partial charge >= 0.3 is 5.97 Å². The SMILES string of the molecule is CCOc1ccc([C@@H]2C(C(=O)OC)=CN=c3s/c(=C/c4ccc(-c5ccc([N+](=O)[O-])cc5C)o4)c(=O)n32)cc1OCC. The second-order valence-corrected chi connectivity index (χ2v) is 10.2. The zero-order chi connectivity index (χ0) is 30.0. The van der Waals surface area contributed by atoms with E-state index in [2.05, 4.69) is 4.99 Å². The summed E-state index contributed by atoms with van der Waals surface area (Å²) >= 11 is 1.16. The number of thiazole rings is 1. The minimum atomic E-state index is -0.819. The van der Waals surface area contributed by atoms with Crippen LogP contribution < -0.4 is 24.4 Å². The number of aryl methyl sites for hydroxylation is 1. The van der Waals surface area contributed by atoms with E-state index in [1.165, 1.54) is 30.0 Å². The van der Waals surface area contributed by atoms with Gasteiger partial charge in [-0.25, -0.2) is 9.79 Å². The molecule has 0 spiro atoms. The van der Waals surface area contributed by atoms with E-state index in [4.69, 9.17) is 18.6 Å². The average Bonchev–Trinajstić information content (AvgIpc) is 3.57. The number of nitro benzene ring substituents is 1. The van der Waals surface area contributed by atoms with Crippen LogP contribution in [-0.2, 0) is 9.53 Å². The van der Waals surface area contributed by atoms with E-state index in [0.717, 1.165) is 11.3 Å². The molecule has 1 atom stereocenters. The molecule has 0 unspecified atom stereocenters. The average molecular weight is 590 g/mol. The summed E-state index contributed by atoms with van der Waals surface area (Å²) in [6.45, 7) is 6.33. The second kappa shape index (κ2) is 11.9. The number of hydrogen-bond donors (Lipinski definition) is 0. The van der Waals surface area contributed by atoms with Gasteiger partial charge in [-0.05, 0) is 62.2 Å². The zero-order valence-electron chi connectivity index (χ0n) is 23.3. The molecule has 5 rings (SSSR count). The summed E-state index contributed by atoms with van der Waals surface area (Å²) in [5, 5.41) is 11.1. The maximum absolute atomic E-state index is 13.8. The molecule has 0 N–H and O–H groups in total. The number of hydrogen-bond acceptors (Lipinski definition) is 10. The molecule has 3 heterocycles. The van der Waals surface area contributed by atoms with Crippen LogP contribution in [0.3, 0.4) is 0 Å². The van der Waals surface area contributed by atoms with Gasteiger partial charge in [0.05, 0.1) is 41.4 Å². The quantitative estimate of drug-likeness (QED) is 0.160. The Hall–Kier alpha value is -4.97. The van der Waals surface area contributed by atoms with Gasteiger partial charge in [-0.2, -0.15) is 0 Å². The molecule has 0 aliphatic carbocycles. The lowest BCUT2D eigenvalue weighted by Gasteiger charge is -2.23. The third-order valence-electron chi connectivity index (χ3n) is 6.59. The summed E-state index contributed by atoms with van der Waals surface area (Å²) in [5.74, 6) is 1.35. The molecule has 0 saturated carbocycles. The highest BCUT2D eigenvalue weighted by molar-refractivity contribution is 7.07. The number of carbonyl (C=O) groups is 1. The first-order valence-electron chi connectivity index (χ1n) is 13.1. The van der Waals surface area contributed by atoms with E-state index in [9.17, 15) is 19.7 Å². The number of furan rings is 1. The first kappa shape index (κ1) is 28.6. The Morgan fingerprint density at radius 3 is 2.57 bits per heavy atom. The Morgan fingerprint density at radius 1 is 1.12 bits per heavy atom. The molecule has 4 aromatic rings. The Kier molecular flexibility index (Phi) is 8.07. The van der Waals surface area contributed by atoms with E-state index < -0.39 is 16.9 Å². The predicted molar refractivity (Wildman–Crippen MR) is 155 cm³/mol. The van der Waals surface area contributed by atoms with E-state index in [1.807, 2.05) is 13.8 Å². The van der Waals surface area contributed by atoms with Crippen LogP contribution >= 0.6 is 11.3 Å². The number of fused-ring (bicyclic) bond motifs is 1. The molecule has 0 fully saturated rings. The van der Waals surface area contributed by atoms with Crippen LogP contribution in [0.5, 0.6) is 11.5 Å². The lowest BCUT2D eigenvalue weighted by Crippen LogP contribution is -2.39. The third-order valence-corrected chi connectivity index (χ3v) is 7.59. The summed E-state index contributed by atoms with van der Waals surface area (Å²) in [7, 11) is 1.27. The maximum atomic E-state index is 13.8. The molecule has 216 valence electrons. The lowest BCUT2D eigenvalue weighted by atomic mass is 9.97. The Balaban J connectivity index is 1.59. The highest BCUT2D eigenvalue weighted by Gasteiger charge is 2.31. The second-order valence-electron chi connectivity index (χ2n) is 9.21. The van der Waals surface area contributed by atoms with Crippen molar-refractivity contribution in [2.24, 2.45) is 4.99 Å². The topological polar surface area (TPSA) is 135 Å². The van der Waals surface area contributed by atoms with Crippen molar-refractivity contribution in [1.29, 1.82) is 0 Å².